The lowest BCUT2D eigenvalue weighted by molar-refractivity contribution is 0.104. The number of sulfonamides is 1. The van der Waals surface area contributed by atoms with Crippen molar-refractivity contribution in [3.8, 4) is 0 Å². The Bertz CT molecular complexity index is 895. The van der Waals surface area contributed by atoms with E-state index < -0.39 is 10.0 Å². The summed E-state index contributed by atoms with van der Waals surface area (Å²) in [5, 5.41) is 0. The number of anilines is 1. The molecule has 0 N–H and O–H groups in total. The summed E-state index contributed by atoms with van der Waals surface area (Å²) in [6, 6.07) is 14.0. The summed E-state index contributed by atoms with van der Waals surface area (Å²) in [5.74, 6) is -0.170. The van der Waals surface area contributed by atoms with Crippen molar-refractivity contribution in [1.29, 1.82) is 0 Å². The average Bonchev–Trinajstić information content (AvgIpc) is 2.68. The molecular formula is C21H26N2O3S. The first kappa shape index (κ1) is 20.9. The van der Waals surface area contributed by atoms with Gasteiger partial charge in [-0.25, -0.2) is 12.7 Å². The zero-order valence-corrected chi connectivity index (χ0v) is 17.0. The second kappa shape index (κ2) is 8.97. The Morgan fingerprint density at radius 1 is 0.926 bits per heavy atom. The van der Waals surface area contributed by atoms with Crippen molar-refractivity contribution >= 4 is 27.6 Å². The van der Waals surface area contributed by atoms with E-state index in [0.717, 1.165) is 28.6 Å². The van der Waals surface area contributed by atoms with Crippen LogP contribution in [0.15, 0.2) is 59.5 Å². The fourth-order valence-corrected chi connectivity index (χ4v) is 3.56. The number of nitrogens with zero attached hydrogens (tertiary/aromatic N) is 2. The van der Waals surface area contributed by atoms with Gasteiger partial charge in [0.2, 0.25) is 10.0 Å². The van der Waals surface area contributed by atoms with Crippen molar-refractivity contribution in [2.45, 2.75) is 18.7 Å². The molecule has 0 radical (unpaired) electrons. The van der Waals surface area contributed by atoms with Crippen molar-refractivity contribution in [1.82, 2.24) is 4.31 Å². The van der Waals surface area contributed by atoms with Crippen LogP contribution in [0.25, 0.3) is 6.08 Å². The van der Waals surface area contributed by atoms with Crippen LogP contribution in [0.1, 0.15) is 29.8 Å². The first-order valence-electron chi connectivity index (χ1n) is 8.89. The summed E-state index contributed by atoms with van der Waals surface area (Å²) in [7, 11) is -0.541. The van der Waals surface area contributed by atoms with E-state index in [1.807, 2.05) is 24.3 Å². The number of ketones is 1. The number of rotatable bonds is 8. The van der Waals surface area contributed by atoms with Crippen molar-refractivity contribution in [2.75, 3.05) is 32.1 Å². The molecular weight excluding hydrogens is 360 g/mol. The van der Waals surface area contributed by atoms with E-state index in [4.69, 9.17) is 0 Å². The van der Waals surface area contributed by atoms with Gasteiger partial charge >= 0.3 is 0 Å². The highest BCUT2D eigenvalue weighted by Gasteiger charge is 2.17. The van der Waals surface area contributed by atoms with Crippen LogP contribution in [0.5, 0.6) is 0 Å². The van der Waals surface area contributed by atoms with Gasteiger partial charge < -0.3 is 4.90 Å². The summed E-state index contributed by atoms with van der Waals surface area (Å²) < 4.78 is 25.3. The van der Waals surface area contributed by atoms with Crippen LogP contribution in [0.2, 0.25) is 0 Å². The van der Waals surface area contributed by atoms with Gasteiger partial charge in [0, 0.05) is 38.4 Å². The molecule has 0 aliphatic heterocycles. The fourth-order valence-electron chi connectivity index (χ4n) is 2.66. The molecule has 0 spiro atoms. The topological polar surface area (TPSA) is 57.7 Å². The SMILES string of the molecule is CCN(CC)c1ccc(C=CC(=O)c2ccc(S(=O)(=O)N(C)C)cc2)cc1. The molecule has 27 heavy (non-hydrogen) atoms. The number of hydrogen-bond acceptors (Lipinski definition) is 4. The summed E-state index contributed by atoms with van der Waals surface area (Å²) in [6.45, 7) is 6.13. The molecule has 0 bridgehead atoms. The Labute approximate surface area is 162 Å². The Balaban J connectivity index is 2.10. The minimum Gasteiger partial charge on any atom is -0.372 e. The number of carbonyl (C=O) groups excluding carboxylic acids is 1. The third kappa shape index (κ3) is 5.05. The van der Waals surface area contributed by atoms with Gasteiger partial charge in [-0.05, 0) is 61.9 Å². The molecule has 2 aromatic carbocycles. The molecule has 0 aliphatic rings. The van der Waals surface area contributed by atoms with E-state index in [1.165, 1.54) is 44.4 Å². The predicted molar refractivity (Wildman–Crippen MR) is 111 cm³/mol. The van der Waals surface area contributed by atoms with Gasteiger partial charge in [0.25, 0.3) is 0 Å². The minimum absolute atomic E-state index is 0.167. The van der Waals surface area contributed by atoms with Gasteiger partial charge in [-0.3, -0.25) is 4.79 Å². The lowest BCUT2D eigenvalue weighted by Crippen LogP contribution is -2.22. The predicted octanol–water partition coefficient (Wildman–Crippen LogP) is 3.68. The van der Waals surface area contributed by atoms with Gasteiger partial charge in [-0.15, -0.1) is 0 Å². The lowest BCUT2D eigenvalue weighted by Gasteiger charge is -2.20. The molecule has 2 aromatic rings. The smallest absolute Gasteiger partial charge is 0.242 e. The maximum absolute atomic E-state index is 12.3. The Hall–Kier alpha value is -2.44. The van der Waals surface area contributed by atoms with Crippen LogP contribution in [-0.2, 0) is 10.0 Å². The molecule has 0 heterocycles. The fraction of sp³-hybridized carbons (Fsp3) is 0.286. The second-order valence-electron chi connectivity index (χ2n) is 6.27. The van der Waals surface area contributed by atoms with Crippen LogP contribution in [0.3, 0.4) is 0 Å². The van der Waals surface area contributed by atoms with E-state index in [0.29, 0.717) is 5.56 Å². The maximum Gasteiger partial charge on any atom is 0.242 e. The number of benzene rings is 2. The van der Waals surface area contributed by atoms with Crippen molar-refractivity contribution in [3.05, 3.63) is 65.7 Å². The minimum atomic E-state index is -3.49. The van der Waals surface area contributed by atoms with Crippen molar-refractivity contribution in [2.24, 2.45) is 0 Å². The molecule has 144 valence electrons. The summed E-state index contributed by atoms with van der Waals surface area (Å²) in [4.78, 5) is 14.7. The second-order valence-corrected chi connectivity index (χ2v) is 8.43. The van der Waals surface area contributed by atoms with Gasteiger partial charge in [-0.2, -0.15) is 0 Å². The van der Waals surface area contributed by atoms with Gasteiger partial charge in [0.1, 0.15) is 0 Å². The highest BCUT2D eigenvalue weighted by atomic mass is 32.2. The number of carbonyl (C=O) groups is 1. The first-order chi connectivity index (χ1) is 12.8. The molecule has 0 amide bonds. The molecule has 0 saturated heterocycles. The van der Waals surface area contributed by atoms with Crippen molar-refractivity contribution in [3.63, 3.8) is 0 Å². The van der Waals surface area contributed by atoms with Crippen molar-refractivity contribution < 1.29 is 13.2 Å². The summed E-state index contributed by atoms with van der Waals surface area (Å²) in [6.07, 6.45) is 3.26. The molecule has 0 aliphatic carbocycles. The van der Waals surface area contributed by atoms with Crippen LogP contribution < -0.4 is 4.90 Å². The molecule has 0 atom stereocenters. The van der Waals surface area contributed by atoms with Gasteiger partial charge in [0.05, 0.1) is 4.90 Å². The zero-order chi connectivity index (χ0) is 20.0. The van der Waals surface area contributed by atoms with Gasteiger partial charge in [-0.1, -0.05) is 18.2 Å². The zero-order valence-electron chi connectivity index (χ0n) is 16.2. The number of allylic oxidation sites excluding steroid dienone is 1. The first-order valence-corrected chi connectivity index (χ1v) is 10.3. The maximum atomic E-state index is 12.3. The summed E-state index contributed by atoms with van der Waals surface area (Å²) in [5.41, 5.74) is 2.54. The van der Waals surface area contributed by atoms with E-state index in [-0.39, 0.29) is 10.7 Å². The normalized spacial score (nSPS) is 11.9. The van der Waals surface area contributed by atoms with E-state index >= 15 is 0 Å². The van der Waals surface area contributed by atoms with Crippen LogP contribution in [-0.4, -0.2) is 45.7 Å². The van der Waals surface area contributed by atoms with E-state index in [2.05, 4.69) is 18.7 Å². The highest BCUT2D eigenvalue weighted by molar-refractivity contribution is 7.89. The molecule has 0 aromatic heterocycles. The van der Waals surface area contributed by atoms with Gasteiger partial charge in [0.15, 0.2) is 5.78 Å². The largest absolute Gasteiger partial charge is 0.372 e. The van der Waals surface area contributed by atoms with Crippen LogP contribution >= 0.6 is 0 Å². The molecule has 0 fully saturated rings. The third-order valence-corrected chi connectivity index (χ3v) is 6.20. The summed E-state index contributed by atoms with van der Waals surface area (Å²) >= 11 is 0. The van der Waals surface area contributed by atoms with E-state index in [9.17, 15) is 13.2 Å². The van der Waals surface area contributed by atoms with E-state index in [1.54, 1.807) is 6.08 Å². The Morgan fingerprint density at radius 2 is 1.48 bits per heavy atom. The Kier molecular flexibility index (Phi) is 6.93. The molecule has 2 rings (SSSR count). The van der Waals surface area contributed by atoms with Crippen LogP contribution in [0, 0.1) is 0 Å². The quantitative estimate of drug-likeness (QED) is 0.513. The average molecular weight is 387 g/mol. The molecule has 5 nitrogen and oxygen atoms in total. The lowest BCUT2D eigenvalue weighted by atomic mass is 10.1. The molecule has 0 saturated carbocycles. The third-order valence-electron chi connectivity index (χ3n) is 4.37. The molecule has 0 unspecified atom stereocenters. The molecule has 6 heteroatoms. The highest BCUT2D eigenvalue weighted by Crippen LogP contribution is 2.17. The standard InChI is InChI=1S/C21H26N2O3S/c1-5-23(6-2)19-12-7-17(8-13-19)9-16-21(24)18-10-14-20(15-11-18)27(25,26)22(3)4/h7-16H,5-6H2,1-4H3. The Morgan fingerprint density at radius 3 is 1.96 bits per heavy atom. The van der Waals surface area contributed by atoms with Crippen LogP contribution in [0.4, 0.5) is 5.69 Å². The monoisotopic (exact) mass is 386 g/mol. The number of hydrogen-bond donors (Lipinski definition) is 0.